The molecule has 2 aromatic rings. The fourth-order valence-electron chi connectivity index (χ4n) is 3.19. The minimum absolute atomic E-state index is 0.0905. The SMILES string of the molecule is O=C(/C=C/c1ccccc1)NC1/C=C(/C(F)(F)F)CCc2ccccc2C1. The molecule has 1 atom stereocenters. The molecule has 0 heterocycles. The molecule has 140 valence electrons. The van der Waals surface area contributed by atoms with Crippen LogP contribution in [0.1, 0.15) is 23.1 Å². The van der Waals surface area contributed by atoms with Crippen LogP contribution in [0.3, 0.4) is 0 Å². The van der Waals surface area contributed by atoms with E-state index in [-0.39, 0.29) is 6.42 Å². The highest BCUT2D eigenvalue weighted by molar-refractivity contribution is 5.92. The van der Waals surface area contributed by atoms with Crippen LogP contribution in [0.25, 0.3) is 6.08 Å². The van der Waals surface area contributed by atoms with Gasteiger partial charge in [0.25, 0.3) is 0 Å². The number of carbonyl (C=O) groups is 1. The number of fused-ring (bicyclic) bond motifs is 1. The molecule has 0 radical (unpaired) electrons. The lowest BCUT2D eigenvalue weighted by Crippen LogP contribution is -2.36. The highest BCUT2D eigenvalue weighted by Gasteiger charge is 2.34. The van der Waals surface area contributed by atoms with Gasteiger partial charge in [-0.1, -0.05) is 60.7 Å². The molecule has 1 N–H and O–H groups in total. The number of halogens is 3. The molecule has 27 heavy (non-hydrogen) atoms. The number of carbonyl (C=O) groups excluding carboxylic acids is 1. The zero-order valence-electron chi connectivity index (χ0n) is 14.7. The Kier molecular flexibility index (Phi) is 5.79. The first-order valence-electron chi connectivity index (χ1n) is 8.80. The van der Waals surface area contributed by atoms with E-state index >= 15 is 0 Å². The Labute approximate surface area is 156 Å². The summed E-state index contributed by atoms with van der Waals surface area (Å²) in [6, 6.07) is 16.0. The molecule has 2 nitrogen and oxygen atoms in total. The number of rotatable bonds is 3. The molecule has 2 aromatic carbocycles. The molecule has 0 saturated heterocycles. The molecule has 1 aliphatic rings. The molecular formula is C22H20F3NO. The molecule has 0 spiro atoms. The van der Waals surface area contributed by atoms with E-state index in [4.69, 9.17) is 0 Å². The Hall–Kier alpha value is -2.82. The van der Waals surface area contributed by atoms with Crippen LogP contribution in [0.5, 0.6) is 0 Å². The van der Waals surface area contributed by atoms with Crippen molar-refractivity contribution in [2.24, 2.45) is 0 Å². The van der Waals surface area contributed by atoms with Gasteiger partial charge in [0, 0.05) is 11.6 Å². The third kappa shape index (κ3) is 5.33. The fraction of sp³-hybridized carbons (Fsp3) is 0.227. The maximum atomic E-state index is 13.3. The number of benzene rings is 2. The summed E-state index contributed by atoms with van der Waals surface area (Å²) in [5.41, 5.74) is 2.12. The van der Waals surface area contributed by atoms with Crippen molar-refractivity contribution in [1.29, 1.82) is 0 Å². The smallest absolute Gasteiger partial charge is 0.346 e. The van der Waals surface area contributed by atoms with Crippen LogP contribution in [-0.2, 0) is 17.6 Å². The second-order valence-corrected chi connectivity index (χ2v) is 6.52. The molecule has 5 heteroatoms. The quantitative estimate of drug-likeness (QED) is 0.606. The van der Waals surface area contributed by atoms with Crippen molar-refractivity contribution in [2.45, 2.75) is 31.5 Å². The van der Waals surface area contributed by atoms with E-state index < -0.39 is 23.7 Å². The zero-order valence-corrected chi connectivity index (χ0v) is 14.7. The molecule has 1 amide bonds. The number of alkyl halides is 3. The van der Waals surface area contributed by atoms with Gasteiger partial charge in [0.05, 0.1) is 6.04 Å². The van der Waals surface area contributed by atoms with Gasteiger partial charge in [-0.05, 0) is 42.0 Å². The monoisotopic (exact) mass is 371 g/mol. The van der Waals surface area contributed by atoms with Crippen LogP contribution in [0.2, 0.25) is 0 Å². The number of hydrogen-bond donors (Lipinski definition) is 1. The lowest BCUT2D eigenvalue weighted by atomic mass is 9.90. The normalized spacial score (nSPS) is 19.5. The maximum Gasteiger partial charge on any atom is 0.412 e. The summed E-state index contributed by atoms with van der Waals surface area (Å²) in [5, 5.41) is 2.70. The van der Waals surface area contributed by atoms with Gasteiger partial charge in [0.15, 0.2) is 0 Å². The number of hydrogen-bond acceptors (Lipinski definition) is 1. The van der Waals surface area contributed by atoms with Gasteiger partial charge < -0.3 is 5.32 Å². The summed E-state index contributed by atoms with van der Waals surface area (Å²) >= 11 is 0. The number of amides is 1. The van der Waals surface area contributed by atoms with Crippen LogP contribution in [0.15, 0.2) is 72.3 Å². The van der Waals surface area contributed by atoms with Gasteiger partial charge >= 0.3 is 6.18 Å². The highest BCUT2D eigenvalue weighted by atomic mass is 19.4. The van der Waals surface area contributed by atoms with E-state index in [2.05, 4.69) is 5.32 Å². The Balaban J connectivity index is 1.80. The van der Waals surface area contributed by atoms with E-state index in [9.17, 15) is 18.0 Å². The first kappa shape index (κ1) is 19.0. The standard InChI is InChI=1S/C22H20F3NO/c23-22(24,25)19-12-11-17-8-4-5-9-18(17)14-20(15-19)26-21(27)13-10-16-6-2-1-3-7-16/h1-10,13,15,20H,11-12,14H2,(H,26,27)/b13-10+,19-15+. The van der Waals surface area contributed by atoms with Crippen molar-refractivity contribution in [2.75, 3.05) is 0 Å². The van der Waals surface area contributed by atoms with E-state index in [0.717, 1.165) is 22.8 Å². The predicted molar refractivity (Wildman–Crippen MR) is 100 cm³/mol. The lowest BCUT2D eigenvalue weighted by molar-refractivity contribution is -0.117. The number of allylic oxidation sites excluding steroid dienone is 1. The summed E-state index contributed by atoms with van der Waals surface area (Å²) in [6.45, 7) is 0. The molecule has 0 fully saturated rings. The van der Waals surface area contributed by atoms with Crippen molar-refractivity contribution >= 4 is 12.0 Å². The third-order valence-electron chi connectivity index (χ3n) is 4.54. The Morgan fingerprint density at radius 1 is 0.963 bits per heavy atom. The van der Waals surface area contributed by atoms with Crippen LogP contribution in [-0.4, -0.2) is 18.1 Å². The molecule has 1 aliphatic carbocycles. The third-order valence-corrected chi connectivity index (χ3v) is 4.54. The first-order valence-corrected chi connectivity index (χ1v) is 8.80. The number of nitrogens with one attached hydrogen (secondary N) is 1. The minimum Gasteiger partial charge on any atom is -0.346 e. The zero-order chi connectivity index (χ0) is 19.3. The summed E-state index contributed by atoms with van der Waals surface area (Å²) < 4.78 is 39.9. The molecule has 3 rings (SSSR count). The highest BCUT2D eigenvalue weighted by Crippen LogP contribution is 2.32. The Morgan fingerprint density at radius 3 is 2.33 bits per heavy atom. The number of aryl methyl sites for hydroxylation is 1. The predicted octanol–water partition coefficient (Wildman–Crippen LogP) is 4.86. The second-order valence-electron chi connectivity index (χ2n) is 6.52. The van der Waals surface area contributed by atoms with Crippen LogP contribution < -0.4 is 5.32 Å². The first-order chi connectivity index (χ1) is 12.9. The van der Waals surface area contributed by atoms with E-state index in [1.54, 1.807) is 6.08 Å². The summed E-state index contributed by atoms with van der Waals surface area (Å²) in [5.74, 6) is -0.417. The lowest BCUT2D eigenvalue weighted by Gasteiger charge is -2.23. The van der Waals surface area contributed by atoms with Crippen molar-refractivity contribution in [3.05, 3.63) is 89.0 Å². The molecule has 0 bridgehead atoms. The molecule has 0 aliphatic heterocycles. The minimum atomic E-state index is -4.39. The fourth-order valence-corrected chi connectivity index (χ4v) is 3.19. The average Bonchev–Trinajstić information content (AvgIpc) is 2.62. The van der Waals surface area contributed by atoms with Crippen LogP contribution >= 0.6 is 0 Å². The van der Waals surface area contributed by atoms with Gasteiger partial charge in [-0.25, -0.2) is 0 Å². The van der Waals surface area contributed by atoms with Crippen molar-refractivity contribution in [3.63, 3.8) is 0 Å². The molecular weight excluding hydrogens is 351 g/mol. The topological polar surface area (TPSA) is 29.1 Å². The van der Waals surface area contributed by atoms with E-state index in [1.165, 1.54) is 6.08 Å². The van der Waals surface area contributed by atoms with Gasteiger partial charge in [-0.15, -0.1) is 0 Å². The summed E-state index contributed by atoms with van der Waals surface area (Å²) in [7, 11) is 0. The van der Waals surface area contributed by atoms with Gasteiger partial charge in [-0.2, -0.15) is 13.2 Å². The largest absolute Gasteiger partial charge is 0.412 e. The summed E-state index contributed by atoms with van der Waals surface area (Å²) in [4.78, 5) is 12.2. The van der Waals surface area contributed by atoms with Crippen molar-refractivity contribution in [3.8, 4) is 0 Å². The van der Waals surface area contributed by atoms with E-state index in [0.29, 0.717) is 12.8 Å². The van der Waals surface area contributed by atoms with Gasteiger partial charge in [0.1, 0.15) is 0 Å². The van der Waals surface area contributed by atoms with Crippen LogP contribution in [0, 0.1) is 0 Å². The Morgan fingerprint density at radius 2 is 1.63 bits per heavy atom. The molecule has 0 aromatic heterocycles. The van der Waals surface area contributed by atoms with Crippen molar-refractivity contribution < 1.29 is 18.0 Å². The average molecular weight is 371 g/mol. The molecule has 1 unspecified atom stereocenters. The molecule has 0 saturated carbocycles. The van der Waals surface area contributed by atoms with Gasteiger partial charge in [-0.3, -0.25) is 4.79 Å². The van der Waals surface area contributed by atoms with Crippen molar-refractivity contribution in [1.82, 2.24) is 5.32 Å². The van der Waals surface area contributed by atoms with Crippen LogP contribution in [0.4, 0.5) is 13.2 Å². The summed E-state index contributed by atoms with van der Waals surface area (Å²) in [6.07, 6.45) is 0.338. The second kappa shape index (κ2) is 8.25. The maximum absolute atomic E-state index is 13.3. The van der Waals surface area contributed by atoms with E-state index in [1.807, 2.05) is 54.6 Å². The van der Waals surface area contributed by atoms with Gasteiger partial charge in [0.2, 0.25) is 5.91 Å². The Bertz CT molecular complexity index is 853.